The lowest BCUT2D eigenvalue weighted by atomic mass is 10.1. The van der Waals surface area contributed by atoms with E-state index < -0.39 is 0 Å². The van der Waals surface area contributed by atoms with Crippen molar-refractivity contribution in [1.29, 1.82) is 0 Å². The number of fused-ring (bicyclic) bond motifs is 1. The molecule has 0 atom stereocenters. The van der Waals surface area contributed by atoms with Crippen LogP contribution in [0.2, 0.25) is 0 Å². The second kappa shape index (κ2) is 4.71. The van der Waals surface area contributed by atoms with Gasteiger partial charge in [-0.25, -0.2) is 0 Å². The first kappa shape index (κ1) is 12.5. The number of nitrogens with one attached hydrogen (secondary N) is 2. The quantitative estimate of drug-likeness (QED) is 0.793. The van der Waals surface area contributed by atoms with Gasteiger partial charge in [-0.1, -0.05) is 12.0 Å². The third kappa shape index (κ3) is 2.82. The highest BCUT2D eigenvalue weighted by molar-refractivity contribution is 5.95. The molecule has 4 nitrogen and oxygen atoms in total. The van der Waals surface area contributed by atoms with Crippen LogP contribution in [0.15, 0.2) is 18.2 Å². The Balaban J connectivity index is 2.10. The Morgan fingerprint density at radius 2 is 2.33 bits per heavy atom. The van der Waals surface area contributed by atoms with Gasteiger partial charge < -0.3 is 10.1 Å². The summed E-state index contributed by atoms with van der Waals surface area (Å²) in [6, 6.07) is 5.70. The summed E-state index contributed by atoms with van der Waals surface area (Å²) in [6.45, 7) is 4.60. The van der Waals surface area contributed by atoms with E-state index in [1.54, 1.807) is 0 Å². The smallest absolute Gasteiger partial charge is 0.262 e. The number of hydrogen-bond acceptors (Lipinski definition) is 3. The van der Waals surface area contributed by atoms with Gasteiger partial charge in [0.25, 0.3) is 5.91 Å². The lowest BCUT2D eigenvalue weighted by Gasteiger charge is -2.21. The molecule has 2 rings (SSSR count). The summed E-state index contributed by atoms with van der Waals surface area (Å²) in [5.41, 5.74) is 1.40. The van der Waals surface area contributed by atoms with Crippen molar-refractivity contribution in [3.05, 3.63) is 23.8 Å². The lowest BCUT2D eigenvalue weighted by molar-refractivity contribution is -0.118. The third-order valence-corrected chi connectivity index (χ3v) is 2.77. The molecule has 4 heteroatoms. The normalized spacial score (nSPS) is 14.2. The maximum Gasteiger partial charge on any atom is 0.262 e. The molecule has 0 aliphatic carbocycles. The fourth-order valence-electron chi connectivity index (χ4n) is 1.61. The second-order valence-corrected chi connectivity index (χ2v) is 4.79. The Morgan fingerprint density at radius 3 is 3.06 bits per heavy atom. The molecule has 0 saturated heterocycles. The average Bonchev–Trinajstić information content (AvgIpc) is 2.36. The van der Waals surface area contributed by atoms with Gasteiger partial charge in [-0.15, -0.1) is 6.42 Å². The molecule has 0 radical (unpaired) electrons. The Morgan fingerprint density at radius 1 is 1.56 bits per heavy atom. The van der Waals surface area contributed by atoms with Crippen molar-refractivity contribution in [1.82, 2.24) is 5.32 Å². The Kier molecular flexibility index (Phi) is 3.26. The number of carbonyl (C=O) groups excluding carboxylic acids is 1. The Labute approximate surface area is 107 Å². The highest BCUT2D eigenvalue weighted by Crippen LogP contribution is 2.28. The topological polar surface area (TPSA) is 50.4 Å². The molecule has 0 aromatic heterocycles. The fraction of sp³-hybridized carbons (Fsp3) is 0.357. The molecule has 1 aromatic rings. The maximum absolute atomic E-state index is 11.2. The number of benzene rings is 1. The van der Waals surface area contributed by atoms with Crippen molar-refractivity contribution in [3.63, 3.8) is 0 Å². The van der Waals surface area contributed by atoms with Crippen LogP contribution in [0.5, 0.6) is 5.75 Å². The highest BCUT2D eigenvalue weighted by atomic mass is 16.5. The van der Waals surface area contributed by atoms with Gasteiger partial charge in [0.15, 0.2) is 6.61 Å². The minimum Gasteiger partial charge on any atom is -0.482 e. The van der Waals surface area contributed by atoms with Crippen LogP contribution < -0.4 is 15.4 Å². The molecule has 0 unspecified atom stereocenters. The summed E-state index contributed by atoms with van der Waals surface area (Å²) in [6.07, 6.45) is 5.41. The van der Waals surface area contributed by atoms with E-state index in [1.807, 2.05) is 32.0 Å². The monoisotopic (exact) mass is 244 g/mol. The van der Waals surface area contributed by atoms with Crippen molar-refractivity contribution in [3.8, 4) is 18.1 Å². The van der Waals surface area contributed by atoms with E-state index in [4.69, 9.17) is 11.2 Å². The third-order valence-electron chi connectivity index (χ3n) is 2.77. The zero-order valence-corrected chi connectivity index (χ0v) is 10.5. The largest absolute Gasteiger partial charge is 0.482 e. The fourth-order valence-corrected chi connectivity index (χ4v) is 1.61. The van der Waals surface area contributed by atoms with Crippen molar-refractivity contribution < 1.29 is 9.53 Å². The molecule has 18 heavy (non-hydrogen) atoms. The van der Waals surface area contributed by atoms with Crippen LogP contribution in [0.25, 0.3) is 0 Å². The molecule has 0 bridgehead atoms. The van der Waals surface area contributed by atoms with E-state index in [0.29, 0.717) is 18.0 Å². The predicted molar refractivity (Wildman–Crippen MR) is 70.3 cm³/mol. The van der Waals surface area contributed by atoms with Gasteiger partial charge >= 0.3 is 0 Å². The van der Waals surface area contributed by atoms with Gasteiger partial charge in [0, 0.05) is 6.54 Å². The molecule has 1 amide bonds. The molecule has 1 aliphatic heterocycles. The molecular weight excluding hydrogens is 228 g/mol. The van der Waals surface area contributed by atoms with Crippen LogP contribution in [-0.2, 0) is 11.3 Å². The van der Waals surface area contributed by atoms with Crippen LogP contribution in [0.3, 0.4) is 0 Å². The minimum atomic E-state index is -0.352. The van der Waals surface area contributed by atoms with Gasteiger partial charge in [-0.2, -0.15) is 0 Å². The first-order valence-electron chi connectivity index (χ1n) is 5.78. The molecule has 1 aromatic carbocycles. The molecule has 0 saturated carbocycles. The van der Waals surface area contributed by atoms with Crippen molar-refractivity contribution >= 4 is 11.6 Å². The summed E-state index contributed by atoms with van der Waals surface area (Å²) in [5, 5.41) is 6.03. The average molecular weight is 244 g/mol. The first-order chi connectivity index (χ1) is 8.50. The van der Waals surface area contributed by atoms with Crippen molar-refractivity contribution in [2.45, 2.75) is 25.9 Å². The Bertz CT molecular complexity index is 515. The van der Waals surface area contributed by atoms with E-state index in [-0.39, 0.29) is 18.1 Å². The summed E-state index contributed by atoms with van der Waals surface area (Å²) < 4.78 is 5.29. The number of rotatable bonds is 3. The number of anilines is 1. The van der Waals surface area contributed by atoms with Crippen LogP contribution >= 0.6 is 0 Å². The van der Waals surface area contributed by atoms with Gasteiger partial charge in [-0.3, -0.25) is 10.1 Å². The first-order valence-corrected chi connectivity index (χ1v) is 5.78. The predicted octanol–water partition coefficient (Wildman–Crippen LogP) is 1.52. The molecule has 1 heterocycles. The molecular formula is C14H16N2O2. The molecule has 0 spiro atoms. The van der Waals surface area contributed by atoms with E-state index >= 15 is 0 Å². The number of hydrogen-bond donors (Lipinski definition) is 2. The van der Waals surface area contributed by atoms with Crippen LogP contribution in [0.4, 0.5) is 5.69 Å². The van der Waals surface area contributed by atoms with Gasteiger partial charge in [0.1, 0.15) is 5.75 Å². The van der Waals surface area contributed by atoms with Crippen molar-refractivity contribution in [2.24, 2.45) is 0 Å². The SMILES string of the molecule is C#CC(C)(C)NCc1ccc2c(c1)NC(=O)CO2. The van der Waals surface area contributed by atoms with Gasteiger partial charge in [0.05, 0.1) is 11.2 Å². The van der Waals surface area contributed by atoms with E-state index in [9.17, 15) is 4.79 Å². The second-order valence-electron chi connectivity index (χ2n) is 4.79. The summed E-state index contributed by atoms with van der Waals surface area (Å²) in [4.78, 5) is 11.2. The molecule has 1 aliphatic rings. The minimum absolute atomic E-state index is 0.0781. The molecule has 94 valence electrons. The van der Waals surface area contributed by atoms with E-state index in [2.05, 4.69) is 16.6 Å². The molecule has 2 N–H and O–H groups in total. The summed E-state index contributed by atoms with van der Waals surface area (Å²) in [7, 11) is 0. The number of terminal acetylenes is 1. The highest BCUT2D eigenvalue weighted by Gasteiger charge is 2.17. The standard InChI is InChI=1S/C14H16N2O2/c1-4-14(2,3)15-8-10-5-6-12-11(7-10)16-13(17)9-18-12/h1,5-7,15H,8-9H2,2-3H3,(H,16,17). The number of ether oxygens (including phenoxy) is 1. The van der Waals surface area contributed by atoms with Crippen molar-refractivity contribution in [2.75, 3.05) is 11.9 Å². The maximum atomic E-state index is 11.2. The molecule has 0 fully saturated rings. The van der Waals surface area contributed by atoms with Crippen LogP contribution in [0.1, 0.15) is 19.4 Å². The van der Waals surface area contributed by atoms with Crippen LogP contribution in [-0.4, -0.2) is 18.1 Å². The van der Waals surface area contributed by atoms with E-state index in [0.717, 1.165) is 5.56 Å². The zero-order chi connectivity index (χ0) is 13.2. The van der Waals surface area contributed by atoms with Gasteiger partial charge in [0.2, 0.25) is 0 Å². The Hall–Kier alpha value is -1.99. The van der Waals surface area contributed by atoms with E-state index in [1.165, 1.54) is 0 Å². The zero-order valence-electron chi connectivity index (χ0n) is 10.5. The van der Waals surface area contributed by atoms with Gasteiger partial charge in [-0.05, 0) is 31.5 Å². The summed E-state index contributed by atoms with van der Waals surface area (Å²) >= 11 is 0. The number of carbonyl (C=O) groups is 1. The number of amides is 1. The lowest BCUT2D eigenvalue weighted by Crippen LogP contribution is -2.37. The summed E-state index contributed by atoms with van der Waals surface area (Å²) in [5.74, 6) is 3.25. The van der Waals surface area contributed by atoms with Crippen LogP contribution in [0, 0.1) is 12.3 Å².